The standard InChI is InChI=1S/C16H25N3OS/c1-2-3-15-10-13(12-17-14-4-5-14)11-16(18-15)19-6-8-21(20)9-7-19/h10-11,14,17H,2-9,12H2,1H3. The van der Waals surface area contributed by atoms with Gasteiger partial charge in [-0.05, 0) is 37.0 Å². The van der Waals surface area contributed by atoms with Gasteiger partial charge in [0.1, 0.15) is 5.82 Å². The van der Waals surface area contributed by atoms with Crippen LogP contribution in [0.15, 0.2) is 12.1 Å². The van der Waals surface area contributed by atoms with E-state index in [1.807, 2.05) is 0 Å². The van der Waals surface area contributed by atoms with Crippen molar-refractivity contribution in [3.63, 3.8) is 0 Å². The van der Waals surface area contributed by atoms with E-state index >= 15 is 0 Å². The molecule has 0 unspecified atom stereocenters. The first-order valence-electron chi connectivity index (χ1n) is 8.07. The molecule has 1 aromatic heterocycles. The van der Waals surface area contributed by atoms with E-state index in [1.165, 1.54) is 24.1 Å². The Balaban J connectivity index is 1.74. The molecule has 2 heterocycles. The maximum Gasteiger partial charge on any atom is 0.129 e. The molecular weight excluding hydrogens is 282 g/mol. The van der Waals surface area contributed by atoms with Crippen LogP contribution >= 0.6 is 0 Å². The van der Waals surface area contributed by atoms with Crippen molar-refractivity contribution >= 4 is 16.6 Å². The summed E-state index contributed by atoms with van der Waals surface area (Å²) in [5.41, 5.74) is 2.52. The summed E-state index contributed by atoms with van der Waals surface area (Å²) in [4.78, 5) is 7.11. The molecule has 0 aromatic carbocycles. The number of nitrogens with zero attached hydrogens (tertiary/aromatic N) is 2. The lowest BCUT2D eigenvalue weighted by Crippen LogP contribution is -2.38. The lowest BCUT2D eigenvalue weighted by atomic mass is 10.1. The monoisotopic (exact) mass is 307 g/mol. The topological polar surface area (TPSA) is 45.2 Å². The summed E-state index contributed by atoms with van der Waals surface area (Å²) in [6.45, 7) is 4.87. The van der Waals surface area contributed by atoms with E-state index in [9.17, 15) is 4.21 Å². The molecule has 1 N–H and O–H groups in total. The van der Waals surface area contributed by atoms with E-state index in [4.69, 9.17) is 4.98 Å². The van der Waals surface area contributed by atoms with Crippen molar-refractivity contribution < 1.29 is 4.21 Å². The second kappa shape index (κ2) is 6.88. The lowest BCUT2D eigenvalue weighted by Gasteiger charge is -2.28. The average molecular weight is 307 g/mol. The van der Waals surface area contributed by atoms with Crippen LogP contribution in [0.4, 0.5) is 5.82 Å². The molecule has 3 rings (SSSR count). The molecule has 1 aromatic rings. The van der Waals surface area contributed by atoms with Gasteiger partial charge in [0.2, 0.25) is 0 Å². The summed E-state index contributed by atoms with van der Waals surface area (Å²) >= 11 is 0. The van der Waals surface area contributed by atoms with Crippen LogP contribution in [-0.4, -0.2) is 39.8 Å². The Labute approximate surface area is 129 Å². The van der Waals surface area contributed by atoms with Crippen molar-refractivity contribution in [2.24, 2.45) is 0 Å². The molecule has 2 fully saturated rings. The fourth-order valence-corrected chi connectivity index (χ4v) is 3.75. The molecule has 21 heavy (non-hydrogen) atoms. The van der Waals surface area contributed by atoms with Crippen molar-refractivity contribution in [3.8, 4) is 0 Å². The maximum atomic E-state index is 11.5. The van der Waals surface area contributed by atoms with Gasteiger partial charge in [-0.1, -0.05) is 13.3 Å². The van der Waals surface area contributed by atoms with E-state index in [1.54, 1.807) is 0 Å². The highest BCUT2D eigenvalue weighted by Crippen LogP contribution is 2.21. The highest BCUT2D eigenvalue weighted by Gasteiger charge is 2.21. The molecule has 116 valence electrons. The molecule has 5 heteroatoms. The van der Waals surface area contributed by atoms with Crippen LogP contribution in [0.3, 0.4) is 0 Å². The maximum absolute atomic E-state index is 11.5. The molecule has 2 aliphatic rings. The normalized spacial score (nSPS) is 20.0. The van der Waals surface area contributed by atoms with Gasteiger partial charge in [-0.2, -0.15) is 0 Å². The van der Waals surface area contributed by atoms with Gasteiger partial charge >= 0.3 is 0 Å². The Morgan fingerprint density at radius 1 is 1.33 bits per heavy atom. The first kappa shape index (κ1) is 15.0. The van der Waals surface area contributed by atoms with Crippen molar-refractivity contribution in [1.82, 2.24) is 10.3 Å². The van der Waals surface area contributed by atoms with Crippen molar-refractivity contribution in [3.05, 3.63) is 23.4 Å². The largest absolute Gasteiger partial charge is 0.355 e. The molecule has 0 bridgehead atoms. The number of pyridine rings is 1. The van der Waals surface area contributed by atoms with Crippen LogP contribution < -0.4 is 10.2 Å². The number of anilines is 1. The third-order valence-electron chi connectivity index (χ3n) is 4.10. The predicted molar refractivity (Wildman–Crippen MR) is 88.2 cm³/mol. The summed E-state index contributed by atoms with van der Waals surface area (Å²) in [5, 5.41) is 3.58. The molecule has 1 aliphatic carbocycles. The van der Waals surface area contributed by atoms with Crippen molar-refractivity contribution in [2.45, 2.75) is 45.2 Å². The Morgan fingerprint density at radius 3 is 2.76 bits per heavy atom. The summed E-state index contributed by atoms with van der Waals surface area (Å²) in [6.07, 6.45) is 4.79. The summed E-state index contributed by atoms with van der Waals surface area (Å²) < 4.78 is 11.5. The van der Waals surface area contributed by atoms with Crippen molar-refractivity contribution in [2.75, 3.05) is 29.5 Å². The molecular formula is C16H25N3OS. The van der Waals surface area contributed by atoms with Gasteiger partial charge < -0.3 is 10.2 Å². The highest BCUT2D eigenvalue weighted by molar-refractivity contribution is 7.85. The molecule has 0 atom stereocenters. The Kier molecular flexibility index (Phi) is 4.91. The third kappa shape index (κ3) is 4.27. The second-order valence-corrected chi connectivity index (χ2v) is 7.76. The molecule has 0 spiro atoms. The number of hydrogen-bond acceptors (Lipinski definition) is 4. The van der Waals surface area contributed by atoms with Gasteiger partial charge in [0.25, 0.3) is 0 Å². The first-order chi connectivity index (χ1) is 10.2. The van der Waals surface area contributed by atoms with Gasteiger partial charge in [0, 0.05) is 53.7 Å². The lowest BCUT2D eigenvalue weighted by molar-refractivity contribution is 0.670. The Morgan fingerprint density at radius 2 is 2.10 bits per heavy atom. The summed E-state index contributed by atoms with van der Waals surface area (Å²) in [5.74, 6) is 2.62. The number of rotatable bonds is 6. The number of nitrogens with one attached hydrogen (secondary N) is 1. The molecule has 0 radical (unpaired) electrons. The van der Waals surface area contributed by atoms with Crippen LogP contribution in [0.2, 0.25) is 0 Å². The summed E-state index contributed by atoms with van der Waals surface area (Å²) in [7, 11) is -0.632. The number of aryl methyl sites for hydroxylation is 1. The van der Waals surface area contributed by atoms with Gasteiger partial charge in [0.15, 0.2) is 0 Å². The van der Waals surface area contributed by atoms with Crippen LogP contribution in [0.1, 0.15) is 37.4 Å². The van der Waals surface area contributed by atoms with Gasteiger partial charge in [-0.15, -0.1) is 0 Å². The van der Waals surface area contributed by atoms with Crippen LogP contribution in [0.5, 0.6) is 0 Å². The minimum absolute atomic E-state index is 0.632. The molecule has 1 aliphatic heterocycles. The molecule has 1 saturated carbocycles. The number of aromatic nitrogens is 1. The zero-order chi connectivity index (χ0) is 14.7. The molecule has 0 amide bonds. The van der Waals surface area contributed by atoms with Gasteiger partial charge in [-0.25, -0.2) is 4.98 Å². The van der Waals surface area contributed by atoms with Crippen LogP contribution in [-0.2, 0) is 23.8 Å². The molecule has 4 nitrogen and oxygen atoms in total. The number of hydrogen-bond donors (Lipinski definition) is 1. The minimum atomic E-state index is -0.632. The van der Waals surface area contributed by atoms with Crippen molar-refractivity contribution in [1.29, 1.82) is 0 Å². The van der Waals surface area contributed by atoms with E-state index < -0.39 is 10.8 Å². The SMILES string of the molecule is CCCc1cc(CNC2CC2)cc(N2CCS(=O)CC2)n1. The quantitative estimate of drug-likeness (QED) is 0.871. The fraction of sp³-hybridized carbons (Fsp3) is 0.688. The zero-order valence-corrected chi connectivity index (χ0v) is 13.6. The first-order valence-corrected chi connectivity index (χ1v) is 9.56. The zero-order valence-electron chi connectivity index (χ0n) is 12.8. The Bertz CT molecular complexity index is 506. The minimum Gasteiger partial charge on any atom is -0.355 e. The predicted octanol–water partition coefficient (Wildman–Crippen LogP) is 1.85. The molecule has 1 saturated heterocycles. The van der Waals surface area contributed by atoms with E-state index in [2.05, 4.69) is 29.3 Å². The third-order valence-corrected chi connectivity index (χ3v) is 5.38. The fourth-order valence-electron chi connectivity index (χ4n) is 2.70. The smallest absolute Gasteiger partial charge is 0.129 e. The second-order valence-electron chi connectivity index (χ2n) is 6.07. The Hall–Kier alpha value is -0.940. The highest BCUT2D eigenvalue weighted by atomic mass is 32.2. The van der Waals surface area contributed by atoms with Crippen LogP contribution in [0, 0.1) is 0 Å². The van der Waals surface area contributed by atoms with E-state index in [0.717, 1.165) is 55.8 Å². The van der Waals surface area contributed by atoms with Gasteiger partial charge in [-0.3, -0.25) is 4.21 Å². The van der Waals surface area contributed by atoms with Gasteiger partial charge in [0.05, 0.1) is 0 Å². The van der Waals surface area contributed by atoms with E-state index in [0.29, 0.717) is 0 Å². The van der Waals surface area contributed by atoms with Crippen LogP contribution in [0.25, 0.3) is 0 Å². The average Bonchev–Trinajstić information content (AvgIpc) is 3.30. The van der Waals surface area contributed by atoms with E-state index in [-0.39, 0.29) is 0 Å². The summed E-state index contributed by atoms with van der Waals surface area (Å²) in [6, 6.07) is 5.18.